The zero-order valence-electron chi connectivity index (χ0n) is 10.0. The van der Waals surface area contributed by atoms with Gasteiger partial charge in [-0.1, -0.05) is 17.7 Å². The molecule has 3 rings (SSSR count). The van der Waals surface area contributed by atoms with Crippen molar-refractivity contribution < 1.29 is 0 Å². The van der Waals surface area contributed by atoms with Crippen molar-refractivity contribution in [3.8, 4) is 5.69 Å². The SMILES string of the molecule is Clc1cccc(NCc2cnc[nH]2)c1-n1ccnc1. The van der Waals surface area contributed by atoms with Crippen LogP contribution in [0.3, 0.4) is 0 Å². The van der Waals surface area contributed by atoms with Crippen LogP contribution in [0.25, 0.3) is 5.69 Å². The fourth-order valence-electron chi connectivity index (χ4n) is 1.88. The second-order valence-electron chi connectivity index (χ2n) is 4.04. The smallest absolute Gasteiger partial charge is 0.0992 e. The molecule has 2 N–H and O–H groups in total. The van der Waals surface area contributed by atoms with E-state index in [1.807, 2.05) is 29.0 Å². The largest absolute Gasteiger partial charge is 0.378 e. The Kier molecular flexibility index (Phi) is 3.20. The molecule has 0 spiro atoms. The standard InChI is InChI=1S/C13H12ClN5/c14-11-2-1-3-12(13(11)19-5-4-15-9-19)17-7-10-6-16-8-18-10/h1-6,8-9,17H,7H2,(H,16,18). The molecule has 5 nitrogen and oxygen atoms in total. The zero-order chi connectivity index (χ0) is 13.1. The van der Waals surface area contributed by atoms with Crippen LogP contribution in [0.15, 0.2) is 49.4 Å². The van der Waals surface area contributed by atoms with Gasteiger partial charge in [-0.25, -0.2) is 9.97 Å². The molecule has 0 saturated heterocycles. The van der Waals surface area contributed by atoms with Crippen molar-refractivity contribution in [1.29, 1.82) is 0 Å². The van der Waals surface area contributed by atoms with Gasteiger partial charge in [0.15, 0.2) is 0 Å². The second-order valence-corrected chi connectivity index (χ2v) is 4.44. The Hall–Kier alpha value is -2.27. The maximum absolute atomic E-state index is 6.27. The number of hydrogen-bond donors (Lipinski definition) is 2. The molecule has 19 heavy (non-hydrogen) atoms. The van der Waals surface area contributed by atoms with E-state index >= 15 is 0 Å². The first-order valence-corrected chi connectivity index (χ1v) is 6.20. The minimum absolute atomic E-state index is 0.655. The fraction of sp³-hybridized carbons (Fsp3) is 0.0769. The van der Waals surface area contributed by atoms with Gasteiger partial charge in [-0.2, -0.15) is 0 Å². The van der Waals surface area contributed by atoms with Gasteiger partial charge in [0.25, 0.3) is 0 Å². The minimum Gasteiger partial charge on any atom is -0.378 e. The van der Waals surface area contributed by atoms with E-state index in [1.165, 1.54) is 0 Å². The number of aromatic nitrogens is 4. The van der Waals surface area contributed by atoms with E-state index in [0.717, 1.165) is 17.1 Å². The van der Waals surface area contributed by atoms with E-state index in [0.29, 0.717) is 11.6 Å². The number of aromatic amines is 1. The normalized spacial score (nSPS) is 10.6. The number of nitrogens with zero attached hydrogens (tertiary/aromatic N) is 3. The fourth-order valence-corrected chi connectivity index (χ4v) is 2.16. The van der Waals surface area contributed by atoms with Crippen LogP contribution in [0.4, 0.5) is 5.69 Å². The molecule has 1 aromatic carbocycles. The summed E-state index contributed by atoms with van der Waals surface area (Å²) in [4.78, 5) is 11.1. The maximum Gasteiger partial charge on any atom is 0.0992 e. The predicted molar refractivity (Wildman–Crippen MR) is 74.5 cm³/mol. The number of nitrogens with one attached hydrogen (secondary N) is 2. The molecule has 0 saturated carbocycles. The number of hydrogen-bond acceptors (Lipinski definition) is 3. The molecular formula is C13H12ClN5. The maximum atomic E-state index is 6.27. The first-order valence-electron chi connectivity index (χ1n) is 5.82. The Balaban J connectivity index is 1.91. The van der Waals surface area contributed by atoms with Crippen LogP contribution in [0.2, 0.25) is 5.02 Å². The quantitative estimate of drug-likeness (QED) is 0.768. The van der Waals surface area contributed by atoms with E-state index in [1.54, 1.807) is 25.0 Å². The lowest BCUT2D eigenvalue weighted by Gasteiger charge is -2.13. The van der Waals surface area contributed by atoms with Gasteiger partial charge in [0, 0.05) is 18.6 Å². The summed E-state index contributed by atoms with van der Waals surface area (Å²) in [5.74, 6) is 0. The highest BCUT2D eigenvalue weighted by Crippen LogP contribution is 2.28. The summed E-state index contributed by atoms with van der Waals surface area (Å²) in [7, 11) is 0. The van der Waals surface area contributed by atoms with Crippen LogP contribution in [0, 0.1) is 0 Å². The van der Waals surface area contributed by atoms with Crippen molar-refractivity contribution in [2.24, 2.45) is 0 Å². The van der Waals surface area contributed by atoms with Crippen molar-refractivity contribution in [2.75, 3.05) is 5.32 Å². The third-order valence-corrected chi connectivity index (χ3v) is 3.08. The number of H-pyrrole nitrogens is 1. The van der Waals surface area contributed by atoms with Crippen LogP contribution >= 0.6 is 11.6 Å². The van der Waals surface area contributed by atoms with Gasteiger partial charge in [-0.05, 0) is 12.1 Å². The summed E-state index contributed by atoms with van der Waals surface area (Å²) in [6.45, 7) is 0.655. The average molecular weight is 274 g/mol. The molecule has 0 aliphatic rings. The summed E-state index contributed by atoms with van der Waals surface area (Å²) >= 11 is 6.27. The second kappa shape index (κ2) is 5.16. The van der Waals surface area contributed by atoms with Gasteiger partial charge in [0.05, 0.1) is 41.3 Å². The minimum atomic E-state index is 0.655. The van der Waals surface area contributed by atoms with Crippen molar-refractivity contribution in [1.82, 2.24) is 19.5 Å². The molecule has 0 fully saturated rings. The molecule has 0 radical (unpaired) electrons. The van der Waals surface area contributed by atoms with Crippen molar-refractivity contribution in [3.05, 3.63) is 60.2 Å². The molecule has 0 atom stereocenters. The summed E-state index contributed by atoms with van der Waals surface area (Å²) in [6, 6.07) is 5.76. The Morgan fingerprint density at radius 2 is 2.26 bits per heavy atom. The van der Waals surface area contributed by atoms with Gasteiger partial charge in [0.1, 0.15) is 0 Å². The molecule has 3 aromatic rings. The molecule has 0 aliphatic heterocycles. The Labute approximate surface area is 115 Å². The summed E-state index contributed by atoms with van der Waals surface area (Å²) in [5, 5.41) is 4.01. The Morgan fingerprint density at radius 3 is 3.00 bits per heavy atom. The van der Waals surface area contributed by atoms with Crippen LogP contribution < -0.4 is 5.32 Å². The van der Waals surface area contributed by atoms with Gasteiger partial charge in [-0.15, -0.1) is 0 Å². The van der Waals surface area contributed by atoms with Gasteiger partial charge < -0.3 is 14.9 Å². The monoisotopic (exact) mass is 273 g/mol. The highest BCUT2D eigenvalue weighted by molar-refractivity contribution is 6.33. The molecule has 0 unspecified atom stereocenters. The van der Waals surface area contributed by atoms with Crippen molar-refractivity contribution >= 4 is 17.3 Å². The number of benzene rings is 1. The highest BCUT2D eigenvalue weighted by Gasteiger charge is 2.08. The molecule has 2 heterocycles. The highest BCUT2D eigenvalue weighted by atomic mass is 35.5. The third kappa shape index (κ3) is 2.46. The van der Waals surface area contributed by atoms with E-state index in [9.17, 15) is 0 Å². The number of anilines is 1. The number of para-hydroxylation sites is 1. The summed E-state index contributed by atoms with van der Waals surface area (Å²) in [6.07, 6.45) is 8.76. The topological polar surface area (TPSA) is 58.5 Å². The van der Waals surface area contributed by atoms with Crippen molar-refractivity contribution in [3.63, 3.8) is 0 Å². The van der Waals surface area contributed by atoms with Crippen LogP contribution in [0.5, 0.6) is 0 Å². The van der Waals surface area contributed by atoms with Gasteiger partial charge >= 0.3 is 0 Å². The van der Waals surface area contributed by atoms with Crippen LogP contribution in [0.1, 0.15) is 5.69 Å². The van der Waals surface area contributed by atoms with Crippen LogP contribution in [-0.2, 0) is 6.54 Å². The van der Waals surface area contributed by atoms with Crippen LogP contribution in [-0.4, -0.2) is 19.5 Å². The van der Waals surface area contributed by atoms with E-state index in [4.69, 9.17) is 11.6 Å². The van der Waals surface area contributed by atoms with E-state index in [-0.39, 0.29) is 0 Å². The molecular weight excluding hydrogens is 262 g/mol. The lowest BCUT2D eigenvalue weighted by Crippen LogP contribution is -2.04. The lowest BCUT2D eigenvalue weighted by atomic mass is 10.2. The number of imidazole rings is 2. The number of rotatable bonds is 4. The molecule has 2 aromatic heterocycles. The Bertz CT molecular complexity index is 646. The van der Waals surface area contributed by atoms with E-state index in [2.05, 4.69) is 20.3 Å². The number of halogens is 1. The molecule has 0 aliphatic carbocycles. The summed E-state index contributed by atoms with van der Waals surface area (Å²) in [5.41, 5.74) is 2.85. The molecule has 0 amide bonds. The summed E-state index contributed by atoms with van der Waals surface area (Å²) < 4.78 is 1.89. The zero-order valence-corrected chi connectivity index (χ0v) is 10.8. The average Bonchev–Trinajstić information content (AvgIpc) is 3.09. The first kappa shape index (κ1) is 11.8. The molecule has 96 valence electrons. The van der Waals surface area contributed by atoms with Gasteiger partial charge in [-0.3, -0.25) is 0 Å². The third-order valence-electron chi connectivity index (χ3n) is 2.77. The van der Waals surface area contributed by atoms with E-state index < -0.39 is 0 Å². The first-order chi connectivity index (χ1) is 9.34. The Morgan fingerprint density at radius 1 is 1.32 bits per heavy atom. The van der Waals surface area contributed by atoms with Gasteiger partial charge in [0.2, 0.25) is 0 Å². The molecule has 0 bridgehead atoms. The predicted octanol–water partition coefficient (Wildman–Crippen LogP) is 2.86. The molecule has 6 heteroatoms. The van der Waals surface area contributed by atoms with Crippen molar-refractivity contribution in [2.45, 2.75) is 6.54 Å². The lowest BCUT2D eigenvalue weighted by molar-refractivity contribution is 1.03.